The Kier molecular flexibility index (Phi) is 6.74. The van der Waals surface area contributed by atoms with Crippen molar-refractivity contribution in [3.63, 3.8) is 0 Å². The second kappa shape index (κ2) is 8.89. The molecule has 28 heavy (non-hydrogen) atoms. The van der Waals surface area contributed by atoms with Gasteiger partial charge in [-0.05, 0) is 43.0 Å². The van der Waals surface area contributed by atoms with Gasteiger partial charge < -0.3 is 9.80 Å². The van der Waals surface area contributed by atoms with Crippen molar-refractivity contribution in [3.05, 3.63) is 58.1 Å². The van der Waals surface area contributed by atoms with Crippen molar-refractivity contribution in [3.8, 4) is 0 Å². The van der Waals surface area contributed by atoms with E-state index in [2.05, 4.69) is 6.58 Å². The zero-order valence-electron chi connectivity index (χ0n) is 15.5. The van der Waals surface area contributed by atoms with Crippen LogP contribution in [0.4, 0.5) is 0 Å². The third-order valence-electron chi connectivity index (χ3n) is 5.73. The number of benzene rings is 1. The molecule has 150 valence electrons. The van der Waals surface area contributed by atoms with Gasteiger partial charge in [0.1, 0.15) is 4.49 Å². The van der Waals surface area contributed by atoms with E-state index in [1.165, 1.54) is 6.08 Å². The molecular weight excluding hydrogens is 419 g/mol. The van der Waals surface area contributed by atoms with E-state index in [0.717, 1.165) is 31.5 Å². The van der Waals surface area contributed by atoms with E-state index < -0.39 is 0 Å². The van der Waals surface area contributed by atoms with E-state index in [1.807, 2.05) is 28.0 Å². The largest absolute Gasteiger partial charge is 0.342 e. The fourth-order valence-electron chi connectivity index (χ4n) is 4.10. The summed E-state index contributed by atoms with van der Waals surface area (Å²) in [5, 5.41) is 0.593. The van der Waals surface area contributed by atoms with E-state index in [0.29, 0.717) is 24.5 Å². The highest BCUT2D eigenvalue weighted by Crippen LogP contribution is 2.41. The molecule has 1 spiro atoms. The zero-order chi connectivity index (χ0) is 20.3. The summed E-state index contributed by atoms with van der Waals surface area (Å²) in [6, 6.07) is 7.35. The lowest BCUT2D eigenvalue weighted by molar-refractivity contribution is -0.146. The minimum Gasteiger partial charge on any atom is -0.342 e. The van der Waals surface area contributed by atoms with Crippen LogP contribution in [0.3, 0.4) is 0 Å². The Balaban J connectivity index is 1.66. The molecule has 0 aliphatic carbocycles. The molecule has 0 aromatic heterocycles. The van der Waals surface area contributed by atoms with Crippen LogP contribution >= 0.6 is 34.8 Å². The molecule has 0 unspecified atom stereocenters. The first-order chi connectivity index (χ1) is 13.3. The van der Waals surface area contributed by atoms with Crippen molar-refractivity contribution >= 4 is 46.6 Å². The average molecular weight is 442 g/mol. The van der Waals surface area contributed by atoms with Crippen molar-refractivity contribution < 1.29 is 9.59 Å². The summed E-state index contributed by atoms with van der Waals surface area (Å²) in [5.74, 6) is -0.336. The molecule has 2 aliphatic rings. The fourth-order valence-corrected chi connectivity index (χ4v) is 4.47. The lowest BCUT2D eigenvalue weighted by Crippen LogP contribution is -2.62. The van der Waals surface area contributed by atoms with Gasteiger partial charge in [-0.3, -0.25) is 9.59 Å². The van der Waals surface area contributed by atoms with Gasteiger partial charge >= 0.3 is 0 Å². The maximum atomic E-state index is 13.2. The summed E-state index contributed by atoms with van der Waals surface area (Å²) in [4.78, 5) is 28.7. The molecule has 2 aliphatic heterocycles. The zero-order valence-corrected chi connectivity index (χ0v) is 17.8. The number of likely N-dealkylation sites (tertiary alicyclic amines) is 2. The smallest absolute Gasteiger partial charge is 0.245 e. The molecule has 0 saturated carbocycles. The van der Waals surface area contributed by atoms with Gasteiger partial charge in [0.15, 0.2) is 0 Å². The van der Waals surface area contributed by atoms with Crippen LogP contribution in [-0.4, -0.2) is 47.8 Å². The molecule has 0 radical (unpaired) electrons. The van der Waals surface area contributed by atoms with Gasteiger partial charge in [-0.25, -0.2) is 0 Å². The summed E-state index contributed by atoms with van der Waals surface area (Å²) in [5.41, 5.74) is 0.996. The molecule has 2 fully saturated rings. The molecule has 1 aromatic carbocycles. The summed E-state index contributed by atoms with van der Waals surface area (Å²) >= 11 is 17.7. The standard InChI is InChI=1S/C21H23Cl3N2O2/c1-2-19(27)26-13-21(14-26)8-10-25(11-9-21)20(28)17(6-7-18(23)24)15-4-3-5-16(22)12-15/h2-5,7,12,17H,1,6,8-11,13-14H2/t17-/m0/s1. The fraction of sp³-hybridized carbons (Fsp3) is 0.429. The Hall–Kier alpha value is -1.49. The number of halogens is 3. The second-order valence-corrected chi connectivity index (χ2v) is 9.01. The molecular formula is C21H23Cl3N2O2. The van der Waals surface area contributed by atoms with Crippen LogP contribution in [0.5, 0.6) is 0 Å². The van der Waals surface area contributed by atoms with Crippen LogP contribution in [-0.2, 0) is 9.59 Å². The molecule has 1 aromatic rings. The van der Waals surface area contributed by atoms with Gasteiger partial charge in [0.2, 0.25) is 11.8 Å². The maximum Gasteiger partial charge on any atom is 0.245 e. The molecule has 2 saturated heterocycles. The number of piperidine rings is 1. The minimum absolute atomic E-state index is 0.0186. The monoisotopic (exact) mass is 440 g/mol. The van der Waals surface area contributed by atoms with E-state index >= 15 is 0 Å². The van der Waals surface area contributed by atoms with Crippen molar-refractivity contribution in [1.82, 2.24) is 9.80 Å². The normalized spacial score (nSPS) is 19.0. The van der Waals surface area contributed by atoms with Crippen LogP contribution in [0.15, 0.2) is 47.5 Å². The average Bonchev–Trinajstić information content (AvgIpc) is 2.65. The van der Waals surface area contributed by atoms with E-state index in [4.69, 9.17) is 34.8 Å². The summed E-state index contributed by atoms with van der Waals surface area (Å²) in [7, 11) is 0. The summed E-state index contributed by atoms with van der Waals surface area (Å²) in [6.45, 7) is 6.41. The lowest BCUT2D eigenvalue weighted by Gasteiger charge is -2.54. The first kappa shape index (κ1) is 21.2. The Labute approximate surface area is 180 Å². The predicted octanol–water partition coefficient (Wildman–Crippen LogP) is 4.77. The Morgan fingerprint density at radius 2 is 1.86 bits per heavy atom. The van der Waals surface area contributed by atoms with Crippen LogP contribution in [0, 0.1) is 5.41 Å². The number of carbonyl (C=O) groups is 2. The second-order valence-electron chi connectivity index (χ2n) is 7.56. The number of rotatable bonds is 5. The molecule has 4 nitrogen and oxygen atoms in total. The van der Waals surface area contributed by atoms with Crippen LogP contribution in [0.1, 0.15) is 30.7 Å². The highest BCUT2D eigenvalue weighted by molar-refractivity contribution is 6.55. The van der Waals surface area contributed by atoms with Crippen LogP contribution in [0.25, 0.3) is 0 Å². The summed E-state index contributed by atoms with van der Waals surface area (Å²) in [6.07, 6.45) is 5.23. The highest BCUT2D eigenvalue weighted by Gasteiger charge is 2.47. The van der Waals surface area contributed by atoms with Gasteiger partial charge in [0.25, 0.3) is 0 Å². The van der Waals surface area contributed by atoms with Gasteiger partial charge in [0, 0.05) is 36.6 Å². The number of hydrogen-bond acceptors (Lipinski definition) is 2. The predicted molar refractivity (Wildman–Crippen MR) is 114 cm³/mol. The van der Waals surface area contributed by atoms with Crippen molar-refractivity contribution in [2.24, 2.45) is 5.41 Å². The van der Waals surface area contributed by atoms with Gasteiger partial charge in [0.05, 0.1) is 5.92 Å². The number of carbonyl (C=O) groups excluding carboxylic acids is 2. The first-order valence-electron chi connectivity index (χ1n) is 9.30. The van der Waals surface area contributed by atoms with E-state index in [1.54, 1.807) is 12.1 Å². The number of allylic oxidation sites excluding steroid dienone is 1. The van der Waals surface area contributed by atoms with Gasteiger partial charge in [-0.1, -0.05) is 59.6 Å². The van der Waals surface area contributed by atoms with E-state index in [-0.39, 0.29) is 27.6 Å². The van der Waals surface area contributed by atoms with E-state index in [9.17, 15) is 9.59 Å². The maximum absolute atomic E-state index is 13.2. The topological polar surface area (TPSA) is 40.6 Å². The van der Waals surface area contributed by atoms with Crippen LogP contribution < -0.4 is 0 Å². The number of amides is 2. The molecule has 2 heterocycles. The third kappa shape index (κ3) is 4.73. The number of hydrogen-bond donors (Lipinski definition) is 0. The minimum atomic E-state index is -0.375. The Morgan fingerprint density at radius 1 is 1.18 bits per heavy atom. The van der Waals surface area contributed by atoms with Gasteiger partial charge in [-0.2, -0.15) is 0 Å². The first-order valence-corrected chi connectivity index (χ1v) is 10.4. The molecule has 3 rings (SSSR count). The lowest BCUT2D eigenvalue weighted by atomic mass is 9.71. The SMILES string of the molecule is C=CC(=O)N1CC2(CCN(C(=O)[C@@H](CC=C(Cl)Cl)c3cccc(Cl)c3)CC2)C1. The Morgan fingerprint density at radius 3 is 2.43 bits per heavy atom. The molecule has 7 heteroatoms. The molecule has 1 atom stereocenters. The van der Waals surface area contributed by atoms with Crippen molar-refractivity contribution in [1.29, 1.82) is 0 Å². The molecule has 0 bridgehead atoms. The van der Waals surface area contributed by atoms with Crippen LogP contribution in [0.2, 0.25) is 5.02 Å². The molecule has 2 amide bonds. The Bertz CT molecular complexity index is 789. The van der Waals surface area contributed by atoms with Crippen molar-refractivity contribution in [2.45, 2.75) is 25.2 Å². The molecule has 0 N–H and O–H groups in total. The van der Waals surface area contributed by atoms with Crippen molar-refractivity contribution in [2.75, 3.05) is 26.2 Å². The van der Waals surface area contributed by atoms with Gasteiger partial charge in [-0.15, -0.1) is 0 Å². The summed E-state index contributed by atoms with van der Waals surface area (Å²) < 4.78 is 0.152. The third-order valence-corrected chi connectivity index (χ3v) is 6.28. The number of nitrogens with zero attached hydrogens (tertiary/aromatic N) is 2. The quantitative estimate of drug-likeness (QED) is 0.618. The highest BCUT2D eigenvalue weighted by atomic mass is 35.5.